The van der Waals surface area contributed by atoms with E-state index in [0.29, 0.717) is 13.0 Å². The number of nitrogens with zero attached hydrogens (tertiary/aromatic N) is 1. The highest BCUT2D eigenvalue weighted by atomic mass is 16.7. The lowest BCUT2D eigenvalue weighted by Crippen LogP contribution is -2.50. The monoisotopic (exact) mass is 476 g/mol. The number of esters is 1. The first-order valence-corrected chi connectivity index (χ1v) is 12.6. The van der Waals surface area contributed by atoms with E-state index in [0.717, 1.165) is 36.8 Å². The third-order valence-electron chi connectivity index (χ3n) is 7.79. The second-order valence-electron chi connectivity index (χ2n) is 9.91. The largest absolute Gasteiger partial charge is 0.461 e. The van der Waals surface area contributed by atoms with Gasteiger partial charge in [0.15, 0.2) is 0 Å². The Morgan fingerprint density at radius 1 is 0.829 bits per heavy atom. The number of benzene rings is 2. The maximum atomic E-state index is 13.7. The van der Waals surface area contributed by atoms with Crippen LogP contribution in [0.2, 0.25) is 0 Å². The Morgan fingerprint density at radius 2 is 1.46 bits per heavy atom. The van der Waals surface area contributed by atoms with Crippen molar-refractivity contribution in [3.8, 4) is 0 Å². The van der Waals surface area contributed by atoms with Crippen molar-refractivity contribution in [2.24, 2.45) is 23.7 Å². The number of hydrogen-bond donors (Lipinski definition) is 1. The van der Waals surface area contributed by atoms with Crippen molar-refractivity contribution in [2.75, 3.05) is 6.54 Å². The number of fused-ring (bicyclic) bond motifs is 2. The quantitative estimate of drug-likeness (QED) is 0.465. The number of hydroxylamine groups is 1. The minimum absolute atomic E-state index is 0.0837. The van der Waals surface area contributed by atoms with Crippen LogP contribution in [0.4, 0.5) is 0 Å². The molecule has 1 aliphatic heterocycles. The van der Waals surface area contributed by atoms with Crippen LogP contribution in [0.25, 0.3) is 0 Å². The van der Waals surface area contributed by atoms with Crippen LogP contribution in [-0.4, -0.2) is 35.3 Å². The molecular weight excluding hydrogens is 444 g/mol. The smallest absolute Gasteiger partial charge is 0.310 e. The second kappa shape index (κ2) is 10.6. The van der Waals surface area contributed by atoms with E-state index in [4.69, 9.17) is 9.57 Å². The molecule has 2 saturated carbocycles. The Morgan fingerprint density at radius 3 is 2.14 bits per heavy atom. The van der Waals surface area contributed by atoms with Crippen LogP contribution in [-0.2, 0) is 37.2 Å². The summed E-state index contributed by atoms with van der Waals surface area (Å²) in [6.07, 6.45) is 4.14. The fraction of sp³-hybridized carbons (Fsp3) is 0.464. The van der Waals surface area contributed by atoms with Gasteiger partial charge in [-0.3, -0.25) is 19.2 Å². The van der Waals surface area contributed by atoms with E-state index < -0.39 is 17.9 Å². The lowest BCUT2D eigenvalue weighted by Gasteiger charge is -2.33. The molecule has 1 heterocycles. The normalized spacial score (nSPS) is 27.1. The van der Waals surface area contributed by atoms with Gasteiger partial charge in [-0.25, -0.2) is 5.48 Å². The van der Waals surface area contributed by atoms with E-state index in [2.05, 4.69) is 5.48 Å². The Bertz CT molecular complexity index is 1040. The number of ether oxygens (including phenoxy) is 1. The second-order valence-corrected chi connectivity index (χ2v) is 9.91. The van der Waals surface area contributed by atoms with Gasteiger partial charge in [-0.2, -0.15) is 0 Å². The summed E-state index contributed by atoms with van der Waals surface area (Å²) in [5, 5.41) is 0. The molecule has 0 radical (unpaired) electrons. The van der Waals surface area contributed by atoms with E-state index in [1.807, 2.05) is 60.7 Å². The molecule has 2 aromatic rings. The van der Waals surface area contributed by atoms with Gasteiger partial charge in [-0.15, -0.1) is 0 Å². The summed E-state index contributed by atoms with van der Waals surface area (Å²) in [7, 11) is 0. The Balaban J connectivity index is 1.21. The van der Waals surface area contributed by atoms with Gasteiger partial charge >= 0.3 is 5.97 Å². The zero-order chi connectivity index (χ0) is 24.2. The lowest BCUT2D eigenvalue weighted by atomic mass is 9.78. The molecule has 7 heteroatoms. The van der Waals surface area contributed by atoms with Crippen molar-refractivity contribution in [1.29, 1.82) is 0 Å². The molecule has 5 rings (SSSR count). The zero-order valence-corrected chi connectivity index (χ0v) is 19.8. The average molecular weight is 477 g/mol. The summed E-state index contributed by atoms with van der Waals surface area (Å²) >= 11 is 0. The molecule has 5 atom stereocenters. The van der Waals surface area contributed by atoms with E-state index in [1.165, 1.54) is 0 Å². The molecule has 0 spiro atoms. The van der Waals surface area contributed by atoms with Crippen LogP contribution < -0.4 is 5.48 Å². The molecule has 3 aliphatic rings. The molecule has 3 fully saturated rings. The van der Waals surface area contributed by atoms with Crippen LogP contribution in [0.15, 0.2) is 60.7 Å². The molecule has 7 nitrogen and oxygen atoms in total. The Labute approximate surface area is 205 Å². The van der Waals surface area contributed by atoms with Crippen molar-refractivity contribution in [2.45, 2.75) is 51.4 Å². The first kappa shape index (κ1) is 23.5. The molecule has 184 valence electrons. The molecule has 2 aliphatic carbocycles. The minimum atomic E-state index is -0.571. The lowest BCUT2D eigenvalue weighted by molar-refractivity contribution is -0.160. The molecule has 2 bridgehead atoms. The third-order valence-corrected chi connectivity index (χ3v) is 7.79. The number of rotatable bonds is 8. The number of carbonyl (C=O) groups is 3. The van der Waals surface area contributed by atoms with Crippen molar-refractivity contribution >= 4 is 17.8 Å². The maximum absolute atomic E-state index is 13.7. The first-order valence-electron chi connectivity index (χ1n) is 12.6. The number of carbonyl (C=O) groups excluding carboxylic acids is 3. The number of amides is 2. The first-order chi connectivity index (χ1) is 17.1. The van der Waals surface area contributed by atoms with Crippen LogP contribution in [0.5, 0.6) is 0 Å². The summed E-state index contributed by atoms with van der Waals surface area (Å²) in [4.78, 5) is 46.8. The standard InChI is InChI=1S/C28H32N2O5/c31-26(29-35-18-20-10-5-2-6-11-20)23-12-7-15-30(23)27(32)24-21-13-14-22(16-21)25(24)28(33)34-17-19-8-3-1-4-9-19/h1-6,8-11,21-25H,7,12-18H2,(H,29,31)/t21-,22+,23+,24-,25+/m1/s1. The fourth-order valence-corrected chi connectivity index (χ4v) is 6.14. The van der Waals surface area contributed by atoms with Crippen LogP contribution in [0.1, 0.15) is 43.2 Å². The topological polar surface area (TPSA) is 84.9 Å². The average Bonchev–Trinajstić information content (AvgIpc) is 3.64. The fourth-order valence-electron chi connectivity index (χ4n) is 6.14. The van der Waals surface area contributed by atoms with Crippen molar-refractivity contribution in [3.63, 3.8) is 0 Å². The third kappa shape index (κ3) is 5.10. The molecule has 0 aromatic heterocycles. The predicted molar refractivity (Wildman–Crippen MR) is 128 cm³/mol. The number of likely N-dealkylation sites (tertiary alicyclic amines) is 1. The summed E-state index contributed by atoms with van der Waals surface area (Å²) in [5.41, 5.74) is 4.41. The minimum Gasteiger partial charge on any atom is -0.461 e. The molecular formula is C28H32N2O5. The summed E-state index contributed by atoms with van der Waals surface area (Å²) in [5.74, 6) is -1.15. The van der Waals surface area contributed by atoms with Gasteiger partial charge < -0.3 is 9.64 Å². The number of hydrogen-bond acceptors (Lipinski definition) is 5. The summed E-state index contributed by atoms with van der Waals surface area (Å²) in [6, 6.07) is 18.6. The molecule has 1 saturated heterocycles. The Hall–Kier alpha value is -3.19. The van der Waals surface area contributed by atoms with Gasteiger partial charge in [-0.05, 0) is 55.1 Å². The van der Waals surface area contributed by atoms with Gasteiger partial charge in [0.2, 0.25) is 5.91 Å². The van der Waals surface area contributed by atoms with E-state index >= 15 is 0 Å². The zero-order valence-electron chi connectivity index (χ0n) is 19.8. The Kier molecular flexibility index (Phi) is 7.13. The van der Waals surface area contributed by atoms with Gasteiger partial charge in [0.1, 0.15) is 12.6 Å². The predicted octanol–water partition coefficient (Wildman–Crippen LogP) is 3.63. The molecule has 2 amide bonds. The molecule has 0 unspecified atom stereocenters. The van der Waals surface area contributed by atoms with Gasteiger partial charge in [0, 0.05) is 6.54 Å². The highest BCUT2D eigenvalue weighted by Crippen LogP contribution is 2.53. The van der Waals surface area contributed by atoms with E-state index in [-0.39, 0.29) is 42.8 Å². The van der Waals surface area contributed by atoms with Gasteiger partial charge in [-0.1, -0.05) is 60.7 Å². The maximum Gasteiger partial charge on any atom is 0.310 e. The van der Waals surface area contributed by atoms with Crippen molar-refractivity contribution in [1.82, 2.24) is 10.4 Å². The highest BCUT2D eigenvalue weighted by Gasteiger charge is 2.56. The number of nitrogens with one attached hydrogen (secondary N) is 1. The molecule has 2 aromatic carbocycles. The SMILES string of the molecule is O=C(OCc1ccccc1)[C@H]1[C@H]2CC[C@H](C2)[C@H]1C(=O)N1CCC[C@H]1C(=O)NOCc1ccccc1. The van der Waals surface area contributed by atoms with Crippen LogP contribution >= 0.6 is 0 Å². The molecule has 1 N–H and O–H groups in total. The van der Waals surface area contributed by atoms with E-state index in [1.54, 1.807) is 4.90 Å². The van der Waals surface area contributed by atoms with Crippen LogP contribution in [0, 0.1) is 23.7 Å². The summed E-state index contributed by atoms with van der Waals surface area (Å²) in [6.45, 7) is 0.992. The molecule has 35 heavy (non-hydrogen) atoms. The van der Waals surface area contributed by atoms with Gasteiger partial charge in [0.05, 0.1) is 18.4 Å². The summed E-state index contributed by atoms with van der Waals surface area (Å²) < 4.78 is 5.67. The van der Waals surface area contributed by atoms with E-state index in [9.17, 15) is 14.4 Å². The highest BCUT2D eigenvalue weighted by molar-refractivity contribution is 5.91. The van der Waals surface area contributed by atoms with Crippen molar-refractivity contribution in [3.05, 3.63) is 71.8 Å². The van der Waals surface area contributed by atoms with Crippen molar-refractivity contribution < 1.29 is 24.0 Å². The van der Waals surface area contributed by atoms with Gasteiger partial charge in [0.25, 0.3) is 5.91 Å². The van der Waals surface area contributed by atoms with Crippen LogP contribution in [0.3, 0.4) is 0 Å².